The summed E-state index contributed by atoms with van der Waals surface area (Å²) in [6.45, 7) is 8.68. The number of rotatable bonds is 6. The molecule has 0 aliphatic heterocycles. The van der Waals surface area contributed by atoms with Gasteiger partial charge >= 0.3 is 0 Å². The van der Waals surface area contributed by atoms with Gasteiger partial charge in [0.2, 0.25) is 5.91 Å². The quantitative estimate of drug-likeness (QED) is 0.828. The Morgan fingerprint density at radius 3 is 2.58 bits per heavy atom. The highest BCUT2D eigenvalue weighted by molar-refractivity contribution is 5.97. The minimum Gasteiger partial charge on any atom is -0.336 e. The van der Waals surface area contributed by atoms with E-state index >= 15 is 0 Å². The number of carbonyl (C=O) groups is 2. The Morgan fingerprint density at radius 2 is 1.96 bits per heavy atom. The zero-order valence-corrected chi connectivity index (χ0v) is 16.2. The molecular formula is C20H28N4O2. The summed E-state index contributed by atoms with van der Waals surface area (Å²) in [6.07, 6.45) is 1.25. The lowest BCUT2D eigenvalue weighted by Gasteiger charge is -2.17. The van der Waals surface area contributed by atoms with Crippen molar-refractivity contribution in [3.8, 4) is 0 Å². The Bertz CT molecular complexity index is 774. The standard InChI is InChI=1S/C20H28N4O2/c1-6-8-18(25)21-15-10-7-9-14(11-15)19(26)24(5)13-16-12-17(23-22-16)20(2,3)4/h7,9-12H,6,8,13H2,1-5H3,(H,21,25)(H,22,23). The molecule has 2 rings (SSSR count). The number of amides is 2. The molecule has 0 fully saturated rings. The second-order valence-corrected chi connectivity index (χ2v) is 7.57. The molecule has 1 aromatic carbocycles. The molecule has 0 bridgehead atoms. The summed E-state index contributed by atoms with van der Waals surface area (Å²) in [6, 6.07) is 9.01. The van der Waals surface area contributed by atoms with Crippen LogP contribution >= 0.6 is 0 Å². The first-order valence-corrected chi connectivity index (χ1v) is 8.91. The normalized spacial score (nSPS) is 11.3. The molecule has 6 nitrogen and oxygen atoms in total. The van der Waals surface area contributed by atoms with Crippen molar-refractivity contribution >= 4 is 17.5 Å². The van der Waals surface area contributed by atoms with Crippen LogP contribution in [-0.4, -0.2) is 34.0 Å². The predicted octanol–water partition coefficient (Wildman–Crippen LogP) is 3.72. The minimum absolute atomic E-state index is 0.0393. The van der Waals surface area contributed by atoms with E-state index in [-0.39, 0.29) is 17.2 Å². The van der Waals surface area contributed by atoms with E-state index in [9.17, 15) is 9.59 Å². The van der Waals surface area contributed by atoms with Crippen LogP contribution in [0, 0.1) is 0 Å². The smallest absolute Gasteiger partial charge is 0.254 e. The van der Waals surface area contributed by atoms with E-state index in [4.69, 9.17) is 0 Å². The van der Waals surface area contributed by atoms with Crippen molar-refractivity contribution in [1.29, 1.82) is 0 Å². The molecule has 26 heavy (non-hydrogen) atoms. The first-order chi connectivity index (χ1) is 12.2. The molecule has 0 radical (unpaired) electrons. The largest absolute Gasteiger partial charge is 0.336 e. The van der Waals surface area contributed by atoms with Crippen LogP contribution in [0.4, 0.5) is 5.69 Å². The third-order valence-electron chi connectivity index (χ3n) is 4.02. The van der Waals surface area contributed by atoms with Gasteiger partial charge in [-0.2, -0.15) is 5.10 Å². The van der Waals surface area contributed by atoms with Gasteiger partial charge in [-0.25, -0.2) is 0 Å². The first-order valence-electron chi connectivity index (χ1n) is 8.91. The van der Waals surface area contributed by atoms with Crippen molar-refractivity contribution < 1.29 is 9.59 Å². The Labute approximate surface area is 155 Å². The Kier molecular flexibility index (Phi) is 6.18. The molecule has 0 atom stereocenters. The fourth-order valence-corrected chi connectivity index (χ4v) is 2.56. The number of hydrogen-bond donors (Lipinski definition) is 2. The van der Waals surface area contributed by atoms with Gasteiger partial charge in [0.15, 0.2) is 0 Å². The number of benzene rings is 1. The van der Waals surface area contributed by atoms with Crippen LogP contribution < -0.4 is 5.32 Å². The third kappa shape index (κ3) is 5.18. The highest BCUT2D eigenvalue weighted by Crippen LogP contribution is 2.21. The molecule has 140 valence electrons. The summed E-state index contributed by atoms with van der Waals surface area (Å²) in [5.74, 6) is -0.152. The summed E-state index contributed by atoms with van der Waals surface area (Å²) in [5.41, 5.74) is 2.99. The number of H-pyrrole nitrogens is 1. The molecule has 1 heterocycles. The average molecular weight is 356 g/mol. The Hall–Kier alpha value is -2.63. The highest BCUT2D eigenvalue weighted by atomic mass is 16.2. The van der Waals surface area contributed by atoms with Crippen LogP contribution in [0.2, 0.25) is 0 Å². The van der Waals surface area contributed by atoms with Crippen LogP contribution in [0.1, 0.15) is 62.3 Å². The van der Waals surface area contributed by atoms with Gasteiger partial charge in [0, 0.05) is 30.1 Å². The number of carbonyl (C=O) groups excluding carboxylic acids is 2. The summed E-state index contributed by atoms with van der Waals surface area (Å²) < 4.78 is 0. The van der Waals surface area contributed by atoms with Crippen LogP contribution in [0.15, 0.2) is 30.3 Å². The maximum atomic E-state index is 12.7. The van der Waals surface area contributed by atoms with Gasteiger partial charge in [-0.05, 0) is 30.7 Å². The van der Waals surface area contributed by atoms with E-state index in [1.165, 1.54) is 0 Å². The van der Waals surface area contributed by atoms with Crippen LogP contribution in [0.3, 0.4) is 0 Å². The lowest BCUT2D eigenvalue weighted by molar-refractivity contribution is -0.116. The lowest BCUT2D eigenvalue weighted by Crippen LogP contribution is -2.26. The number of aromatic nitrogens is 2. The van der Waals surface area contributed by atoms with Gasteiger partial charge in [0.05, 0.1) is 17.9 Å². The molecule has 0 saturated carbocycles. The zero-order chi connectivity index (χ0) is 19.3. The number of nitrogens with zero attached hydrogens (tertiary/aromatic N) is 2. The van der Waals surface area contributed by atoms with Crippen molar-refractivity contribution in [2.75, 3.05) is 12.4 Å². The first kappa shape index (κ1) is 19.7. The topological polar surface area (TPSA) is 78.1 Å². The molecule has 0 spiro atoms. The average Bonchev–Trinajstić information content (AvgIpc) is 3.03. The van der Waals surface area contributed by atoms with Crippen LogP contribution in [0.25, 0.3) is 0 Å². The summed E-state index contributed by atoms with van der Waals surface area (Å²) in [4.78, 5) is 26.1. The molecule has 2 aromatic rings. The number of anilines is 1. The molecule has 1 aromatic heterocycles. The third-order valence-corrected chi connectivity index (χ3v) is 4.02. The van der Waals surface area contributed by atoms with Crippen molar-refractivity contribution in [2.45, 2.75) is 52.5 Å². The van der Waals surface area contributed by atoms with Crippen molar-refractivity contribution in [3.05, 3.63) is 47.3 Å². The molecule has 0 unspecified atom stereocenters. The van der Waals surface area contributed by atoms with Gasteiger partial charge in [-0.3, -0.25) is 14.7 Å². The fourth-order valence-electron chi connectivity index (χ4n) is 2.56. The summed E-state index contributed by atoms with van der Waals surface area (Å²) in [5, 5.41) is 10.1. The van der Waals surface area contributed by atoms with Gasteiger partial charge in [0.1, 0.15) is 0 Å². The van der Waals surface area contributed by atoms with Crippen LogP contribution in [-0.2, 0) is 16.8 Å². The Morgan fingerprint density at radius 1 is 1.23 bits per heavy atom. The summed E-state index contributed by atoms with van der Waals surface area (Å²) >= 11 is 0. The van der Waals surface area contributed by atoms with E-state index < -0.39 is 0 Å². The second kappa shape index (κ2) is 8.17. The lowest BCUT2D eigenvalue weighted by atomic mass is 9.92. The van der Waals surface area contributed by atoms with E-state index in [0.29, 0.717) is 24.2 Å². The monoisotopic (exact) mass is 356 g/mol. The van der Waals surface area contributed by atoms with Crippen molar-refractivity contribution in [2.24, 2.45) is 0 Å². The predicted molar refractivity (Wildman–Crippen MR) is 103 cm³/mol. The van der Waals surface area contributed by atoms with E-state index in [1.807, 2.05) is 13.0 Å². The molecule has 2 amide bonds. The van der Waals surface area contributed by atoms with E-state index in [0.717, 1.165) is 17.8 Å². The maximum absolute atomic E-state index is 12.7. The van der Waals surface area contributed by atoms with Crippen LogP contribution in [0.5, 0.6) is 0 Å². The van der Waals surface area contributed by atoms with E-state index in [2.05, 4.69) is 36.3 Å². The number of hydrogen-bond acceptors (Lipinski definition) is 3. The zero-order valence-electron chi connectivity index (χ0n) is 16.2. The second-order valence-electron chi connectivity index (χ2n) is 7.57. The van der Waals surface area contributed by atoms with Gasteiger partial charge in [0.25, 0.3) is 5.91 Å². The molecule has 0 aliphatic carbocycles. The Balaban J connectivity index is 2.06. The highest BCUT2D eigenvalue weighted by Gasteiger charge is 2.19. The molecule has 6 heteroatoms. The minimum atomic E-state index is -0.108. The maximum Gasteiger partial charge on any atom is 0.254 e. The van der Waals surface area contributed by atoms with Crippen molar-refractivity contribution in [3.63, 3.8) is 0 Å². The molecule has 2 N–H and O–H groups in total. The van der Waals surface area contributed by atoms with Gasteiger partial charge in [-0.1, -0.05) is 33.8 Å². The molecule has 0 aliphatic rings. The SMILES string of the molecule is CCCC(=O)Nc1cccc(C(=O)N(C)Cc2cc(C(C)(C)C)n[nH]2)c1. The number of aromatic amines is 1. The molecular weight excluding hydrogens is 328 g/mol. The van der Waals surface area contributed by atoms with E-state index in [1.54, 1.807) is 36.2 Å². The number of nitrogens with one attached hydrogen (secondary N) is 2. The van der Waals surface area contributed by atoms with Gasteiger partial charge in [-0.15, -0.1) is 0 Å². The molecule has 0 saturated heterocycles. The summed E-state index contributed by atoms with van der Waals surface area (Å²) in [7, 11) is 1.75. The van der Waals surface area contributed by atoms with Crippen molar-refractivity contribution in [1.82, 2.24) is 15.1 Å². The van der Waals surface area contributed by atoms with Gasteiger partial charge < -0.3 is 10.2 Å². The fraction of sp³-hybridized carbons (Fsp3) is 0.450.